The van der Waals surface area contributed by atoms with Gasteiger partial charge in [0.2, 0.25) is 0 Å². The molecule has 1 heterocycles. The van der Waals surface area contributed by atoms with Gasteiger partial charge in [-0.2, -0.15) is 0 Å². The van der Waals surface area contributed by atoms with Gasteiger partial charge in [-0.1, -0.05) is 19.1 Å². The standard InChI is InChI=1S/C16H21NO4/c1-3-12-6-8-13(9-7-12)21-11-15(18)17-10-4-5-14(17)16(19)20-2/h6-9,14H,3-5,10-11H2,1-2H3. The summed E-state index contributed by atoms with van der Waals surface area (Å²) in [7, 11) is 1.34. The number of carbonyl (C=O) groups excluding carboxylic acids is 2. The molecule has 0 bridgehead atoms. The number of hydrogen-bond donors (Lipinski definition) is 0. The van der Waals surface area contributed by atoms with Crippen LogP contribution in [0.25, 0.3) is 0 Å². The maximum Gasteiger partial charge on any atom is 0.328 e. The summed E-state index contributed by atoms with van der Waals surface area (Å²) in [6, 6.07) is 7.20. The SMILES string of the molecule is CCc1ccc(OCC(=O)N2CCCC2C(=O)OC)cc1. The minimum Gasteiger partial charge on any atom is -0.484 e. The van der Waals surface area contributed by atoms with Gasteiger partial charge < -0.3 is 14.4 Å². The fourth-order valence-corrected chi connectivity index (χ4v) is 2.50. The number of esters is 1. The normalized spacial score (nSPS) is 17.6. The van der Waals surface area contributed by atoms with Crippen LogP contribution in [-0.4, -0.2) is 43.1 Å². The summed E-state index contributed by atoms with van der Waals surface area (Å²) in [5.41, 5.74) is 1.22. The monoisotopic (exact) mass is 291 g/mol. The van der Waals surface area contributed by atoms with Gasteiger partial charge in [0.15, 0.2) is 6.61 Å². The minimum absolute atomic E-state index is 0.0566. The van der Waals surface area contributed by atoms with Gasteiger partial charge in [0.05, 0.1) is 7.11 Å². The van der Waals surface area contributed by atoms with Crippen LogP contribution in [0.5, 0.6) is 5.75 Å². The third kappa shape index (κ3) is 3.74. The van der Waals surface area contributed by atoms with Gasteiger partial charge >= 0.3 is 5.97 Å². The molecule has 1 fully saturated rings. The van der Waals surface area contributed by atoms with Crippen LogP contribution in [0.15, 0.2) is 24.3 Å². The number of ether oxygens (including phenoxy) is 2. The van der Waals surface area contributed by atoms with E-state index in [2.05, 4.69) is 6.92 Å². The first kappa shape index (κ1) is 15.4. The van der Waals surface area contributed by atoms with E-state index in [1.165, 1.54) is 12.7 Å². The van der Waals surface area contributed by atoms with E-state index in [4.69, 9.17) is 9.47 Å². The number of hydrogen-bond acceptors (Lipinski definition) is 4. The number of nitrogens with zero attached hydrogens (tertiary/aromatic N) is 1. The molecule has 0 radical (unpaired) electrons. The van der Waals surface area contributed by atoms with E-state index < -0.39 is 6.04 Å². The highest BCUT2D eigenvalue weighted by molar-refractivity contribution is 5.85. The van der Waals surface area contributed by atoms with Crippen LogP contribution in [0.3, 0.4) is 0 Å². The maximum atomic E-state index is 12.2. The van der Waals surface area contributed by atoms with Gasteiger partial charge in [-0.15, -0.1) is 0 Å². The summed E-state index contributed by atoms with van der Waals surface area (Å²) >= 11 is 0. The quantitative estimate of drug-likeness (QED) is 0.776. The van der Waals surface area contributed by atoms with Crippen molar-refractivity contribution >= 4 is 11.9 Å². The van der Waals surface area contributed by atoms with Crippen molar-refractivity contribution in [3.05, 3.63) is 29.8 Å². The molecule has 0 saturated carbocycles. The fraction of sp³-hybridized carbons (Fsp3) is 0.500. The molecular formula is C16H21NO4. The van der Waals surface area contributed by atoms with E-state index >= 15 is 0 Å². The second-order valence-corrected chi connectivity index (χ2v) is 5.05. The van der Waals surface area contributed by atoms with Crippen LogP contribution >= 0.6 is 0 Å². The first-order valence-electron chi connectivity index (χ1n) is 7.24. The van der Waals surface area contributed by atoms with Gasteiger partial charge in [-0.05, 0) is 37.0 Å². The van der Waals surface area contributed by atoms with E-state index in [-0.39, 0.29) is 18.5 Å². The van der Waals surface area contributed by atoms with Crippen LogP contribution in [0.2, 0.25) is 0 Å². The Morgan fingerprint density at radius 2 is 2.00 bits per heavy atom. The third-order valence-corrected chi connectivity index (χ3v) is 3.74. The topological polar surface area (TPSA) is 55.8 Å². The summed E-state index contributed by atoms with van der Waals surface area (Å²) < 4.78 is 10.2. The van der Waals surface area contributed by atoms with E-state index in [0.29, 0.717) is 18.7 Å². The molecule has 1 saturated heterocycles. The molecule has 5 heteroatoms. The Morgan fingerprint density at radius 3 is 2.62 bits per heavy atom. The van der Waals surface area contributed by atoms with Crippen LogP contribution in [0.4, 0.5) is 0 Å². The molecule has 1 atom stereocenters. The molecule has 0 spiro atoms. The Bertz CT molecular complexity index is 498. The molecule has 1 aliphatic rings. The number of rotatable bonds is 5. The minimum atomic E-state index is -0.464. The Hall–Kier alpha value is -2.04. The van der Waals surface area contributed by atoms with Crippen molar-refractivity contribution in [3.63, 3.8) is 0 Å². The van der Waals surface area contributed by atoms with E-state index in [1.54, 1.807) is 4.90 Å². The second kappa shape index (κ2) is 7.11. The summed E-state index contributed by atoms with van der Waals surface area (Å²) in [5, 5.41) is 0. The number of likely N-dealkylation sites (tertiary alicyclic amines) is 1. The Kier molecular flexibility index (Phi) is 5.20. The van der Waals surface area contributed by atoms with Crippen molar-refractivity contribution in [2.24, 2.45) is 0 Å². The summed E-state index contributed by atoms with van der Waals surface area (Å²) in [4.78, 5) is 25.3. The maximum absolute atomic E-state index is 12.2. The molecular weight excluding hydrogens is 270 g/mol. The van der Waals surface area contributed by atoms with Crippen LogP contribution in [-0.2, 0) is 20.7 Å². The van der Waals surface area contributed by atoms with Crippen molar-refractivity contribution in [1.29, 1.82) is 0 Å². The predicted octanol–water partition coefficient (Wildman–Crippen LogP) is 1.79. The van der Waals surface area contributed by atoms with E-state index in [1.807, 2.05) is 24.3 Å². The highest BCUT2D eigenvalue weighted by atomic mass is 16.5. The number of amides is 1. The highest BCUT2D eigenvalue weighted by Crippen LogP contribution is 2.19. The lowest BCUT2D eigenvalue weighted by atomic mass is 10.2. The molecule has 1 unspecified atom stereocenters. The second-order valence-electron chi connectivity index (χ2n) is 5.05. The van der Waals surface area contributed by atoms with E-state index in [9.17, 15) is 9.59 Å². The molecule has 0 aromatic heterocycles. The Morgan fingerprint density at radius 1 is 1.29 bits per heavy atom. The van der Waals surface area contributed by atoms with Gasteiger partial charge in [0.1, 0.15) is 11.8 Å². The Labute approximate surface area is 124 Å². The van der Waals surface area contributed by atoms with Gasteiger partial charge in [0, 0.05) is 6.54 Å². The molecule has 21 heavy (non-hydrogen) atoms. The zero-order valence-corrected chi connectivity index (χ0v) is 12.5. The van der Waals surface area contributed by atoms with Gasteiger partial charge in [-0.25, -0.2) is 4.79 Å². The molecule has 114 valence electrons. The van der Waals surface area contributed by atoms with Crippen LogP contribution in [0, 0.1) is 0 Å². The van der Waals surface area contributed by atoms with Crippen molar-refractivity contribution in [2.45, 2.75) is 32.2 Å². The molecule has 2 rings (SSSR count). The molecule has 1 aromatic rings. The Balaban J connectivity index is 1.90. The van der Waals surface area contributed by atoms with Crippen LogP contribution in [0.1, 0.15) is 25.3 Å². The number of benzene rings is 1. The lowest BCUT2D eigenvalue weighted by Crippen LogP contribution is -2.43. The fourth-order valence-electron chi connectivity index (χ4n) is 2.50. The summed E-state index contributed by atoms with van der Waals surface area (Å²) in [6.45, 7) is 2.61. The van der Waals surface area contributed by atoms with Gasteiger partial charge in [-0.3, -0.25) is 4.79 Å². The third-order valence-electron chi connectivity index (χ3n) is 3.74. The molecule has 1 aromatic carbocycles. The summed E-state index contributed by atoms with van der Waals surface area (Å²) in [6.07, 6.45) is 2.44. The molecule has 1 aliphatic heterocycles. The van der Waals surface area contributed by atoms with Crippen molar-refractivity contribution in [3.8, 4) is 5.75 Å². The molecule has 5 nitrogen and oxygen atoms in total. The van der Waals surface area contributed by atoms with Gasteiger partial charge in [0.25, 0.3) is 5.91 Å². The van der Waals surface area contributed by atoms with E-state index in [0.717, 1.165) is 12.8 Å². The average molecular weight is 291 g/mol. The number of aryl methyl sites for hydroxylation is 1. The number of methoxy groups -OCH3 is 1. The zero-order valence-electron chi connectivity index (χ0n) is 12.5. The number of carbonyl (C=O) groups is 2. The summed E-state index contributed by atoms with van der Waals surface area (Å²) in [5.74, 6) is 0.130. The molecule has 0 aliphatic carbocycles. The average Bonchev–Trinajstić information content (AvgIpc) is 3.02. The predicted molar refractivity (Wildman–Crippen MR) is 78.1 cm³/mol. The molecule has 1 amide bonds. The van der Waals surface area contributed by atoms with Crippen LogP contribution < -0.4 is 4.74 Å². The smallest absolute Gasteiger partial charge is 0.328 e. The first-order valence-corrected chi connectivity index (χ1v) is 7.24. The largest absolute Gasteiger partial charge is 0.484 e. The van der Waals surface area contributed by atoms with Crippen molar-refractivity contribution in [1.82, 2.24) is 4.90 Å². The lowest BCUT2D eigenvalue weighted by molar-refractivity contribution is -0.151. The van der Waals surface area contributed by atoms with Crippen molar-refractivity contribution in [2.75, 3.05) is 20.3 Å². The molecule has 0 N–H and O–H groups in total. The highest BCUT2D eigenvalue weighted by Gasteiger charge is 2.34. The van der Waals surface area contributed by atoms with Crippen molar-refractivity contribution < 1.29 is 19.1 Å². The lowest BCUT2D eigenvalue weighted by Gasteiger charge is -2.22. The zero-order chi connectivity index (χ0) is 15.2. The first-order chi connectivity index (χ1) is 10.2.